The van der Waals surface area contributed by atoms with Gasteiger partial charge in [-0.3, -0.25) is 0 Å². The van der Waals surface area contributed by atoms with Crippen LogP contribution in [0.1, 0.15) is 38.2 Å². The largest absolute Gasteiger partial charge is 0.491 e. The van der Waals surface area contributed by atoms with E-state index in [4.69, 9.17) is 9.47 Å². The molecule has 1 aromatic carbocycles. The minimum Gasteiger partial charge on any atom is -0.491 e. The summed E-state index contributed by atoms with van der Waals surface area (Å²) in [6.45, 7) is 3.72. The van der Waals surface area contributed by atoms with Gasteiger partial charge in [0.15, 0.2) is 0 Å². The van der Waals surface area contributed by atoms with Crippen molar-refractivity contribution < 1.29 is 9.47 Å². The van der Waals surface area contributed by atoms with Crippen molar-refractivity contribution in [1.29, 1.82) is 0 Å². The number of rotatable bonds is 9. The van der Waals surface area contributed by atoms with Crippen molar-refractivity contribution in [3.63, 3.8) is 0 Å². The number of para-hydroxylation sites is 1. The smallest absolute Gasteiger partial charge is 0.122 e. The number of epoxide rings is 1. The summed E-state index contributed by atoms with van der Waals surface area (Å²) in [6.07, 6.45) is 10.7. The molecule has 1 aromatic rings. The van der Waals surface area contributed by atoms with Gasteiger partial charge in [-0.25, -0.2) is 0 Å². The lowest BCUT2D eigenvalue weighted by atomic mass is 10.1. The summed E-state index contributed by atoms with van der Waals surface area (Å²) in [6, 6.07) is 8.36. The van der Waals surface area contributed by atoms with Crippen LogP contribution in [-0.4, -0.2) is 19.3 Å². The fourth-order valence-corrected chi connectivity index (χ4v) is 2.06. The Morgan fingerprint density at radius 3 is 2.89 bits per heavy atom. The van der Waals surface area contributed by atoms with E-state index in [-0.39, 0.29) is 0 Å². The molecule has 0 bridgehead atoms. The second-order valence-corrected chi connectivity index (χ2v) is 5.00. The zero-order valence-corrected chi connectivity index (χ0v) is 11.8. The number of ether oxygens (including phenoxy) is 2. The maximum absolute atomic E-state index is 5.82. The molecule has 1 saturated heterocycles. The van der Waals surface area contributed by atoms with E-state index < -0.39 is 0 Å². The van der Waals surface area contributed by atoms with Gasteiger partial charge in [-0.1, -0.05) is 37.3 Å². The summed E-state index contributed by atoms with van der Waals surface area (Å²) in [4.78, 5) is 0. The molecule has 19 heavy (non-hydrogen) atoms. The van der Waals surface area contributed by atoms with E-state index in [1.54, 1.807) is 0 Å². The minimum atomic E-state index is 0.326. The molecule has 0 saturated carbocycles. The molecular formula is C17H24O2. The number of allylic oxidation sites excluding steroid dienone is 2. The predicted molar refractivity (Wildman–Crippen MR) is 78.7 cm³/mol. The Bertz CT molecular complexity index is 394. The van der Waals surface area contributed by atoms with Crippen molar-refractivity contribution >= 4 is 0 Å². The standard InChI is InChI=1S/C17H24O2/c1-2-3-4-5-6-7-10-15-11-8-9-12-17(15)19-14-16-13-18-16/h3-4,8-9,11-12,16H,2,5-7,10,13-14H2,1H3/b4-3+. The SMILES string of the molecule is CC/C=C/CCCCc1ccccc1OCC1CO1. The summed E-state index contributed by atoms with van der Waals surface area (Å²) in [5, 5.41) is 0. The molecule has 2 heteroatoms. The van der Waals surface area contributed by atoms with E-state index in [1.807, 2.05) is 6.07 Å². The van der Waals surface area contributed by atoms with E-state index in [9.17, 15) is 0 Å². The van der Waals surface area contributed by atoms with E-state index >= 15 is 0 Å². The van der Waals surface area contributed by atoms with Crippen molar-refractivity contribution in [3.05, 3.63) is 42.0 Å². The molecule has 0 radical (unpaired) electrons. The minimum absolute atomic E-state index is 0.326. The first-order valence-corrected chi connectivity index (χ1v) is 7.37. The molecule has 2 nitrogen and oxygen atoms in total. The lowest BCUT2D eigenvalue weighted by Crippen LogP contribution is -2.05. The Labute approximate surface area is 116 Å². The van der Waals surface area contributed by atoms with Gasteiger partial charge >= 0.3 is 0 Å². The lowest BCUT2D eigenvalue weighted by molar-refractivity contribution is 0.261. The van der Waals surface area contributed by atoms with Gasteiger partial charge in [0, 0.05) is 0 Å². The van der Waals surface area contributed by atoms with Crippen LogP contribution in [0, 0.1) is 0 Å². The van der Waals surface area contributed by atoms with Crippen LogP contribution in [0.15, 0.2) is 36.4 Å². The van der Waals surface area contributed by atoms with Crippen LogP contribution in [0.25, 0.3) is 0 Å². The molecule has 1 aliphatic heterocycles. The number of benzene rings is 1. The molecule has 1 heterocycles. The highest BCUT2D eigenvalue weighted by atomic mass is 16.6. The molecule has 1 aliphatic rings. The van der Waals surface area contributed by atoms with Crippen LogP contribution in [-0.2, 0) is 11.2 Å². The summed E-state index contributed by atoms with van der Waals surface area (Å²) in [7, 11) is 0. The van der Waals surface area contributed by atoms with E-state index in [1.165, 1.54) is 24.8 Å². The third kappa shape index (κ3) is 5.48. The number of aryl methyl sites for hydroxylation is 1. The molecule has 0 amide bonds. The average molecular weight is 260 g/mol. The van der Waals surface area contributed by atoms with Crippen molar-refractivity contribution in [1.82, 2.24) is 0 Å². The molecule has 1 fully saturated rings. The number of hydrogen-bond donors (Lipinski definition) is 0. The first-order valence-electron chi connectivity index (χ1n) is 7.37. The quantitative estimate of drug-likeness (QED) is 0.378. The molecule has 2 rings (SSSR count). The van der Waals surface area contributed by atoms with Gasteiger partial charge in [0.25, 0.3) is 0 Å². The van der Waals surface area contributed by atoms with Gasteiger partial charge in [0.1, 0.15) is 18.5 Å². The first kappa shape index (κ1) is 14.1. The maximum Gasteiger partial charge on any atom is 0.122 e. The molecule has 1 atom stereocenters. The van der Waals surface area contributed by atoms with E-state index in [2.05, 4.69) is 37.3 Å². The summed E-state index contributed by atoms with van der Waals surface area (Å²) >= 11 is 0. The maximum atomic E-state index is 5.82. The van der Waals surface area contributed by atoms with Crippen LogP contribution in [0.3, 0.4) is 0 Å². The Hall–Kier alpha value is -1.28. The van der Waals surface area contributed by atoms with Crippen LogP contribution in [0.5, 0.6) is 5.75 Å². The molecule has 0 N–H and O–H groups in total. The van der Waals surface area contributed by atoms with Crippen LogP contribution >= 0.6 is 0 Å². The Morgan fingerprint density at radius 1 is 1.26 bits per heavy atom. The van der Waals surface area contributed by atoms with Gasteiger partial charge in [-0.15, -0.1) is 0 Å². The second kappa shape index (κ2) is 8.00. The molecule has 1 unspecified atom stereocenters. The number of hydrogen-bond acceptors (Lipinski definition) is 2. The van der Waals surface area contributed by atoms with Crippen LogP contribution in [0.4, 0.5) is 0 Å². The molecule has 104 valence electrons. The summed E-state index contributed by atoms with van der Waals surface area (Å²) < 4.78 is 11.0. The highest BCUT2D eigenvalue weighted by molar-refractivity contribution is 5.33. The van der Waals surface area contributed by atoms with E-state index in [0.717, 1.165) is 25.2 Å². The molecule has 0 aliphatic carbocycles. The predicted octanol–water partition coefficient (Wildman–Crippen LogP) is 4.14. The Morgan fingerprint density at radius 2 is 2.11 bits per heavy atom. The molecule has 0 aromatic heterocycles. The van der Waals surface area contributed by atoms with Crippen molar-refractivity contribution in [2.24, 2.45) is 0 Å². The molecule has 0 spiro atoms. The van der Waals surface area contributed by atoms with Crippen molar-refractivity contribution in [2.75, 3.05) is 13.2 Å². The Balaban J connectivity index is 1.73. The van der Waals surface area contributed by atoms with Gasteiger partial charge in [0.05, 0.1) is 6.61 Å². The zero-order valence-electron chi connectivity index (χ0n) is 11.8. The zero-order chi connectivity index (χ0) is 13.3. The summed E-state index contributed by atoms with van der Waals surface area (Å²) in [5.41, 5.74) is 1.32. The summed E-state index contributed by atoms with van der Waals surface area (Å²) in [5.74, 6) is 1.03. The van der Waals surface area contributed by atoms with Crippen molar-refractivity contribution in [3.8, 4) is 5.75 Å². The first-order chi connectivity index (χ1) is 9.40. The highest BCUT2D eigenvalue weighted by Gasteiger charge is 2.23. The highest BCUT2D eigenvalue weighted by Crippen LogP contribution is 2.22. The third-order valence-corrected chi connectivity index (χ3v) is 3.27. The average Bonchev–Trinajstić information content (AvgIpc) is 3.25. The molecular weight excluding hydrogens is 236 g/mol. The number of unbranched alkanes of at least 4 members (excludes halogenated alkanes) is 2. The van der Waals surface area contributed by atoms with Gasteiger partial charge < -0.3 is 9.47 Å². The fourth-order valence-electron chi connectivity index (χ4n) is 2.06. The normalized spacial score (nSPS) is 17.8. The Kier molecular flexibility index (Phi) is 5.96. The van der Waals surface area contributed by atoms with Crippen LogP contribution in [0.2, 0.25) is 0 Å². The van der Waals surface area contributed by atoms with E-state index in [0.29, 0.717) is 12.7 Å². The monoisotopic (exact) mass is 260 g/mol. The van der Waals surface area contributed by atoms with Crippen LogP contribution < -0.4 is 4.74 Å². The second-order valence-electron chi connectivity index (χ2n) is 5.00. The topological polar surface area (TPSA) is 21.8 Å². The van der Waals surface area contributed by atoms with Gasteiger partial charge in [0.2, 0.25) is 0 Å². The fraction of sp³-hybridized carbons (Fsp3) is 0.529. The third-order valence-electron chi connectivity index (χ3n) is 3.27. The van der Waals surface area contributed by atoms with Crippen molar-refractivity contribution in [2.45, 2.75) is 45.1 Å². The van der Waals surface area contributed by atoms with Gasteiger partial charge in [-0.2, -0.15) is 0 Å². The lowest BCUT2D eigenvalue weighted by Gasteiger charge is -2.10. The van der Waals surface area contributed by atoms with Gasteiger partial charge in [-0.05, 0) is 43.7 Å².